The van der Waals surface area contributed by atoms with Gasteiger partial charge in [-0.05, 0) is 59.2 Å². The predicted molar refractivity (Wildman–Crippen MR) is 84.4 cm³/mol. The number of hydrogen-bond donors (Lipinski definition) is 1. The maximum absolute atomic E-state index is 3.65. The summed E-state index contributed by atoms with van der Waals surface area (Å²) < 4.78 is 1.31. The van der Waals surface area contributed by atoms with E-state index < -0.39 is 0 Å². The third-order valence-electron chi connectivity index (χ3n) is 3.45. The Bertz CT molecular complexity index is 303. The van der Waals surface area contributed by atoms with Gasteiger partial charge in [-0.3, -0.25) is 0 Å². The van der Waals surface area contributed by atoms with E-state index in [0.29, 0.717) is 6.04 Å². The topological polar surface area (TPSA) is 12.0 Å². The van der Waals surface area contributed by atoms with Gasteiger partial charge in [0.05, 0.1) is 0 Å². The van der Waals surface area contributed by atoms with Gasteiger partial charge < -0.3 is 5.32 Å². The molecule has 0 aromatic heterocycles. The Labute approximate surface area is 120 Å². The average Bonchev–Trinajstić information content (AvgIpc) is 2.34. The second kappa shape index (κ2) is 8.09. The summed E-state index contributed by atoms with van der Waals surface area (Å²) in [6, 6.07) is 9.54. The zero-order valence-electron chi connectivity index (χ0n) is 11.2. The van der Waals surface area contributed by atoms with Gasteiger partial charge in [0.1, 0.15) is 0 Å². The van der Waals surface area contributed by atoms with Gasteiger partial charge >= 0.3 is 0 Å². The minimum Gasteiger partial charge on any atom is -0.314 e. The zero-order valence-corrected chi connectivity index (χ0v) is 13.3. The second-order valence-electron chi connectivity index (χ2n) is 4.57. The lowest BCUT2D eigenvalue weighted by Gasteiger charge is -2.26. The molecule has 0 fully saturated rings. The third-order valence-corrected chi connectivity index (χ3v) is 4.17. The van der Waals surface area contributed by atoms with Crippen LogP contribution >= 0.6 is 22.6 Å². The van der Waals surface area contributed by atoms with Crippen LogP contribution in [0.15, 0.2) is 24.3 Å². The molecule has 0 amide bonds. The van der Waals surface area contributed by atoms with E-state index in [1.54, 1.807) is 0 Å². The van der Waals surface area contributed by atoms with Crippen LogP contribution in [-0.2, 0) is 6.42 Å². The van der Waals surface area contributed by atoms with Gasteiger partial charge in [-0.1, -0.05) is 45.7 Å². The van der Waals surface area contributed by atoms with Gasteiger partial charge in [0.15, 0.2) is 0 Å². The minimum atomic E-state index is 0.620. The number of likely N-dealkylation sites (N-methyl/N-ethyl adjacent to an activating group) is 1. The van der Waals surface area contributed by atoms with Crippen molar-refractivity contribution in [3.8, 4) is 0 Å². The van der Waals surface area contributed by atoms with Crippen molar-refractivity contribution in [3.63, 3.8) is 0 Å². The normalized spacial score (nSPS) is 13.0. The zero-order chi connectivity index (χ0) is 12.7. The van der Waals surface area contributed by atoms with Crippen LogP contribution in [0.3, 0.4) is 0 Å². The maximum Gasteiger partial charge on any atom is 0.0135 e. The molecule has 0 saturated carbocycles. The molecule has 0 aliphatic carbocycles. The lowest BCUT2D eigenvalue weighted by molar-refractivity contribution is 0.337. The SMILES string of the molecule is CCNC(Cc1ccc(I)cc1)C(CC)CC. The van der Waals surface area contributed by atoms with Crippen molar-refractivity contribution in [1.82, 2.24) is 5.32 Å². The van der Waals surface area contributed by atoms with E-state index in [9.17, 15) is 0 Å². The first-order valence-electron chi connectivity index (χ1n) is 6.69. The molecule has 0 spiro atoms. The molecular formula is C15H24IN. The Morgan fingerprint density at radius 1 is 1.06 bits per heavy atom. The highest BCUT2D eigenvalue weighted by molar-refractivity contribution is 14.1. The number of halogens is 1. The van der Waals surface area contributed by atoms with Gasteiger partial charge in [0.2, 0.25) is 0 Å². The minimum absolute atomic E-state index is 0.620. The van der Waals surface area contributed by atoms with Crippen molar-refractivity contribution < 1.29 is 0 Å². The summed E-state index contributed by atoms with van der Waals surface area (Å²) in [5, 5.41) is 3.65. The molecule has 0 heterocycles. The first-order chi connectivity index (χ1) is 8.21. The fraction of sp³-hybridized carbons (Fsp3) is 0.600. The predicted octanol–water partition coefficient (Wildman–Crippen LogP) is 4.25. The summed E-state index contributed by atoms with van der Waals surface area (Å²) in [5.74, 6) is 0.786. The van der Waals surface area contributed by atoms with E-state index in [1.807, 2.05) is 0 Å². The van der Waals surface area contributed by atoms with Crippen molar-refractivity contribution >= 4 is 22.6 Å². The Kier molecular flexibility index (Phi) is 7.12. The van der Waals surface area contributed by atoms with Gasteiger partial charge in [-0.15, -0.1) is 0 Å². The molecule has 1 aromatic rings. The fourth-order valence-corrected chi connectivity index (χ4v) is 2.76. The lowest BCUT2D eigenvalue weighted by Crippen LogP contribution is -2.37. The summed E-state index contributed by atoms with van der Waals surface area (Å²) in [6.07, 6.45) is 3.67. The van der Waals surface area contributed by atoms with Crippen LogP contribution in [0.5, 0.6) is 0 Å². The number of rotatable bonds is 7. The lowest BCUT2D eigenvalue weighted by atomic mass is 9.89. The van der Waals surface area contributed by atoms with Crippen LogP contribution in [0.1, 0.15) is 39.2 Å². The van der Waals surface area contributed by atoms with Gasteiger partial charge in [0, 0.05) is 9.61 Å². The molecule has 0 radical (unpaired) electrons. The molecule has 1 aromatic carbocycles. The van der Waals surface area contributed by atoms with Crippen LogP contribution in [-0.4, -0.2) is 12.6 Å². The van der Waals surface area contributed by atoms with E-state index in [1.165, 1.54) is 22.0 Å². The molecule has 0 aliphatic rings. The molecule has 96 valence electrons. The first-order valence-corrected chi connectivity index (χ1v) is 7.76. The van der Waals surface area contributed by atoms with Crippen molar-refractivity contribution in [2.45, 2.75) is 46.1 Å². The van der Waals surface area contributed by atoms with Crippen molar-refractivity contribution in [3.05, 3.63) is 33.4 Å². The summed E-state index contributed by atoms with van der Waals surface area (Å²) in [5.41, 5.74) is 1.45. The Morgan fingerprint density at radius 2 is 1.65 bits per heavy atom. The summed E-state index contributed by atoms with van der Waals surface area (Å²) in [7, 11) is 0. The Hall–Kier alpha value is -0.0900. The maximum atomic E-state index is 3.65. The quantitative estimate of drug-likeness (QED) is 0.729. The van der Waals surface area contributed by atoms with Crippen LogP contribution in [0, 0.1) is 9.49 Å². The van der Waals surface area contributed by atoms with Crippen molar-refractivity contribution in [1.29, 1.82) is 0 Å². The molecule has 1 atom stereocenters. The van der Waals surface area contributed by atoms with Gasteiger partial charge in [-0.25, -0.2) is 0 Å². The third kappa shape index (κ3) is 4.96. The summed E-state index contributed by atoms with van der Waals surface area (Å²) in [6.45, 7) is 7.85. The smallest absolute Gasteiger partial charge is 0.0135 e. The fourth-order valence-electron chi connectivity index (χ4n) is 2.40. The van der Waals surface area contributed by atoms with E-state index in [4.69, 9.17) is 0 Å². The second-order valence-corrected chi connectivity index (χ2v) is 5.82. The molecule has 0 saturated heterocycles. The van der Waals surface area contributed by atoms with Crippen LogP contribution in [0.2, 0.25) is 0 Å². The molecule has 1 rings (SSSR count). The Balaban J connectivity index is 2.68. The average molecular weight is 345 g/mol. The van der Waals surface area contributed by atoms with E-state index in [2.05, 4.69) is 72.9 Å². The molecule has 2 heteroatoms. The van der Waals surface area contributed by atoms with E-state index >= 15 is 0 Å². The number of benzene rings is 1. The highest BCUT2D eigenvalue weighted by Crippen LogP contribution is 2.18. The molecule has 1 N–H and O–H groups in total. The van der Waals surface area contributed by atoms with Gasteiger partial charge in [-0.2, -0.15) is 0 Å². The summed E-state index contributed by atoms with van der Waals surface area (Å²) in [4.78, 5) is 0. The number of nitrogens with one attached hydrogen (secondary N) is 1. The highest BCUT2D eigenvalue weighted by atomic mass is 127. The molecule has 17 heavy (non-hydrogen) atoms. The molecule has 0 aliphatic heterocycles. The van der Waals surface area contributed by atoms with Gasteiger partial charge in [0.25, 0.3) is 0 Å². The molecule has 1 unspecified atom stereocenters. The summed E-state index contributed by atoms with van der Waals surface area (Å²) >= 11 is 2.36. The van der Waals surface area contributed by atoms with Crippen molar-refractivity contribution in [2.24, 2.45) is 5.92 Å². The monoisotopic (exact) mass is 345 g/mol. The van der Waals surface area contributed by atoms with E-state index in [-0.39, 0.29) is 0 Å². The largest absolute Gasteiger partial charge is 0.314 e. The van der Waals surface area contributed by atoms with Crippen LogP contribution in [0.4, 0.5) is 0 Å². The Morgan fingerprint density at radius 3 is 2.12 bits per heavy atom. The van der Waals surface area contributed by atoms with Crippen LogP contribution < -0.4 is 5.32 Å². The molecule has 0 bridgehead atoms. The van der Waals surface area contributed by atoms with Crippen LogP contribution in [0.25, 0.3) is 0 Å². The number of hydrogen-bond acceptors (Lipinski definition) is 1. The molecule has 1 nitrogen and oxygen atoms in total. The molecular weight excluding hydrogens is 321 g/mol. The van der Waals surface area contributed by atoms with E-state index in [0.717, 1.165) is 18.9 Å². The van der Waals surface area contributed by atoms with Crippen molar-refractivity contribution in [2.75, 3.05) is 6.54 Å². The first kappa shape index (κ1) is 15.0. The standard InChI is InChI=1S/C15H24IN/c1-4-13(5-2)15(17-6-3)11-12-7-9-14(16)10-8-12/h7-10,13,15,17H,4-6,11H2,1-3H3. The highest BCUT2D eigenvalue weighted by Gasteiger charge is 2.17.